The number of allylic oxidation sites excluding steroid dienone is 1. The molecule has 3 fully saturated rings. The lowest BCUT2D eigenvalue weighted by atomic mass is 9.47. The minimum absolute atomic E-state index is 0.299. The summed E-state index contributed by atoms with van der Waals surface area (Å²) < 4.78 is 0. The Balaban J connectivity index is 1.63. The molecule has 0 heterocycles. The van der Waals surface area contributed by atoms with Crippen LogP contribution in [0.1, 0.15) is 71.6 Å². The van der Waals surface area contributed by atoms with Crippen LogP contribution in [0.2, 0.25) is 0 Å². The maximum absolute atomic E-state index is 11.9. The number of hydrogen-bond donors (Lipinski definition) is 1. The van der Waals surface area contributed by atoms with E-state index >= 15 is 0 Å². The van der Waals surface area contributed by atoms with Crippen LogP contribution in [0.4, 0.5) is 0 Å². The second kappa shape index (κ2) is 5.44. The third kappa shape index (κ3) is 2.20. The molecule has 23 heavy (non-hydrogen) atoms. The molecule has 4 aliphatic rings. The van der Waals surface area contributed by atoms with Gasteiger partial charge in [0.2, 0.25) is 0 Å². The van der Waals surface area contributed by atoms with Crippen molar-refractivity contribution in [2.24, 2.45) is 34.5 Å². The third-order valence-electron chi connectivity index (χ3n) is 8.64. The van der Waals surface area contributed by atoms with Crippen molar-refractivity contribution in [3.05, 3.63) is 11.6 Å². The van der Waals surface area contributed by atoms with Gasteiger partial charge in [0, 0.05) is 13.0 Å². The zero-order chi connectivity index (χ0) is 16.2. The van der Waals surface area contributed by atoms with E-state index in [2.05, 4.69) is 13.8 Å². The van der Waals surface area contributed by atoms with E-state index in [0.717, 1.165) is 49.4 Å². The number of ketones is 1. The minimum Gasteiger partial charge on any atom is -0.396 e. The fourth-order valence-corrected chi connectivity index (χ4v) is 7.30. The van der Waals surface area contributed by atoms with Crippen molar-refractivity contribution in [1.82, 2.24) is 0 Å². The topological polar surface area (TPSA) is 37.3 Å². The van der Waals surface area contributed by atoms with E-state index in [1.54, 1.807) is 0 Å². The summed E-state index contributed by atoms with van der Waals surface area (Å²) in [5.74, 6) is 3.60. The van der Waals surface area contributed by atoms with Crippen molar-refractivity contribution in [2.45, 2.75) is 71.6 Å². The van der Waals surface area contributed by atoms with Gasteiger partial charge in [0.15, 0.2) is 5.78 Å². The summed E-state index contributed by atoms with van der Waals surface area (Å²) in [6.07, 6.45) is 12.7. The summed E-state index contributed by atoms with van der Waals surface area (Å²) in [5, 5.41) is 9.44. The molecule has 0 saturated heterocycles. The monoisotopic (exact) mass is 316 g/mol. The molecule has 1 N–H and O–H groups in total. The first-order valence-corrected chi connectivity index (χ1v) is 9.84. The predicted octanol–water partition coefficient (Wildman–Crippen LogP) is 4.52. The van der Waals surface area contributed by atoms with Gasteiger partial charge in [-0.3, -0.25) is 4.79 Å². The Morgan fingerprint density at radius 1 is 1.09 bits per heavy atom. The Morgan fingerprint density at radius 3 is 2.70 bits per heavy atom. The van der Waals surface area contributed by atoms with Crippen molar-refractivity contribution in [3.8, 4) is 0 Å². The van der Waals surface area contributed by atoms with Crippen molar-refractivity contribution < 1.29 is 9.90 Å². The normalized spacial score (nSPS) is 49.2. The maximum Gasteiger partial charge on any atom is 0.155 e. The van der Waals surface area contributed by atoms with Gasteiger partial charge in [0.05, 0.1) is 0 Å². The molecule has 0 aromatic carbocycles. The SMILES string of the molecule is C[C@]12CCC(=O)C=C1CCC1C2CC[C@@]2(C)C1CC[C@@H]2CCO. The van der Waals surface area contributed by atoms with Crippen LogP contribution < -0.4 is 0 Å². The van der Waals surface area contributed by atoms with Gasteiger partial charge in [-0.05, 0) is 91.9 Å². The zero-order valence-electron chi connectivity index (χ0n) is 14.8. The molecule has 0 radical (unpaired) electrons. The van der Waals surface area contributed by atoms with Crippen molar-refractivity contribution in [1.29, 1.82) is 0 Å². The Labute approximate surface area is 140 Å². The molecule has 0 amide bonds. The van der Waals surface area contributed by atoms with Gasteiger partial charge in [-0.25, -0.2) is 0 Å². The van der Waals surface area contributed by atoms with Gasteiger partial charge in [-0.1, -0.05) is 19.4 Å². The van der Waals surface area contributed by atoms with E-state index in [1.807, 2.05) is 6.08 Å². The van der Waals surface area contributed by atoms with Crippen molar-refractivity contribution in [2.75, 3.05) is 6.61 Å². The van der Waals surface area contributed by atoms with Gasteiger partial charge in [0.25, 0.3) is 0 Å². The minimum atomic E-state index is 0.299. The predicted molar refractivity (Wildman–Crippen MR) is 91.9 cm³/mol. The summed E-state index contributed by atoms with van der Waals surface area (Å²) in [6.45, 7) is 5.35. The van der Waals surface area contributed by atoms with Crippen LogP contribution in [0, 0.1) is 34.5 Å². The first-order chi connectivity index (χ1) is 11.0. The quantitative estimate of drug-likeness (QED) is 0.813. The van der Waals surface area contributed by atoms with E-state index in [4.69, 9.17) is 0 Å². The second-order valence-corrected chi connectivity index (χ2v) is 9.30. The van der Waals surface area contributed by atoms with Crippen LogP contribution in [0.3, 0.4) is 0 Å². The highest BCUT2D eigenvalue weighted by atomic mass is 16.3. The van der Waals surface area contributed by atoms with Crippen LogP contribution in [0.15, 0.2) is 11.6 Å². The zero-order valence-corrected chi connectivity index (χ0v) is 14.8. The number of carbonyl (C=O) groups is 1. The van der Waals surface area contributed by atoms with Gasteiger partial charge in [0.1, 0.15) is 0 Å². The summed E-state index contributed by atoms with van der Waals surface area (Å²) in [4.78, 5) is 11.9. The fraction of sp³-hybridized carbons (Fsp3) is 0.857. The highest BCUT2D eigenvalue weighted by Crippen LogP contribution is 2.66. The van der Waals surface area contributed by atoms with E-state index in [9.17, 15) is 9.90 Å². The molecule has 0 spiro atoms. The molecule has 2 heteroatoms. The largest absolute Gasteiger partial charge is 0.396 e. The molecular formula is C21H32O2. The molecule has 2 nitrogen and oxygen atoms in total. The number of hydrogen-bond acceptors (Lipinski definition) is 2. The molecule has 0 bridgehead atoms. The van der Waals surface area contributed by atoms with Crippen LogP contribution in [0.5, 0.6) is 0 Å². The summed E-state index contributed by atoms with van der Waals surface area (Å²) >= 11 is 0. The van der Waals surface area contributed by atoms with Crippen molar-refractivity contribution in [3.63, 3.8) is 0 Å². The number of fused-ring (bicyclic) bond motifs is 5. The molecule has 6 atom stereocenters. The van der Waals surface area contributed by atoms with Crippen LogP contribution >= 0.6 is 0 Å². The standard InChI is InChI=1S/C21H32O2/c1-20-11-8-19-17(18(20)6-4-14(20)9-12-22)5-3-15-13-16(23)7-10-21(15,19)2/h13-14,17-19,22H,3-12H2,1-2H3/t14-,17?,18?,19?,20-,21+/m1/s1. The fourth-order valence-electron chi connectivity index (χ4n) is 7.30. The van der Waals surface area contributed by atoms with E-state index in [1.165, 1.54) is 37.7 Å². The molecule has 3 unspecified atom stereocenters. The lowest BCUT2D eigenvalue weighted by Gasteiger charge is -2.58. The highest BCUT2D eigenvalue weighted by molar-refractivity contribution is 5.91. The summed E-state index contributed by atoms with van der Waals surface area (Å²) in [6, 6.07) is 0. The molecule has 0 aliphatic heterocycles. The maximum atomic E-state index is 11.9. The third-order valence-corrected chi connectivity index (χ3v) is 8.64. The van der Waals surface area contributed by atoms with Gasteiger partial charge >= 0.3 is 0 Å². The lowest BCUT2D eigenvalue weighted by Crippen LogP contribution is -2.50. The highest BCUT2D eigenvalue weighted by Gasteiger charge is 2.58. The average molecular weight is 316 g/mol. The smallest absolute Gasteiger partial charge is 0.155 e. The Morgan fingerprint density at radius 2 is 1.91 bits per heavy atom. The van der Waals surface area contributed by atoms with Crippen LogP contribution in [-0.2, 0) is 4.79 Å². The molecule has 4 rings (SSSR count). The molecular weight excluding hydrogens is 284 g/mol. The number of aliphatic hydroxyl groups excluding tert-OH is 1. The lowest BCUT2D eigenvalue weighted by molar-refractivity contribution is -0.117. The van der Waals surface area contributed by atoms with E-state index < -0.39 is 0 Å². The number of carbonyl (C=O) groups excluding carboxylic acids is 1. The first kappa shape index (κ1) is 15.9. The van der Waals surface area contributed by atoms with Gasteiger partial charge in [-0.2, -0.15) is 0 Å². The van der Waals surface area contributed by atoms with E-state index in [-0.39, 0.29) is 0 Å². The molecule has 3 saturated carbocycles. The Hall–Kier alpha value is -0.630. The Kier molecular flexibility index (Phi) is 3.75. The Bertz CT molecular complexity index is 536. The summed E-state index contributed by atoms with van der Waals surface area (Å²) in [7, 11) is 0. The number of rotatable bonds is 2. The average Bonchev–Trinajstić information content (AvgIpc) is 2.85. The van der Waals surface area contributed by atoms with Gasteiger partial charge < -0.3 is 5.11 Å². The van der Waals surface area contributed by atoms with Gasteiger partial charge in [-0.15, -0.1) is 0 Å². The van der Waals surface area contributed by atoms with Crippen LogP contribution in [-0.4, -0.2) is 17.5 Å². The summed E-state index contributed by atoms with van der Waals surface area (Å²) in [5.41, 5.74) is 2.24. The molecule has 0 aromatic rings. The first-order valence-electron chi connectivity index (χ1n) is 9.84. The van der Waals surface area contributed by atoms with E-state index in [0.29, 0.717) is 23.2 Å². The van der Waals surface area contributed by atoms with Crippen molar-refractivity contribution >= 4 is 5.78 Å². The number of aliphatic hydroxyl groups is 1. The van der Waals surface area contributed by atoms with Crippen LogP contribution in [0.25, 0.3) is 0 Å². The molecule has 4 aliphatic carbocycles. The second-order valence-electron chi connectivity index (χ2n) is 9.30. The molecule has 0 aromatic heterocycles. The molecule has 128 valence electrons.